The second-order valence-electron chi connectivity index (χ2n) is 5.42. The third-order valence-corrected chi connectivity index (χ3v) is 3.90. The largest absolute Gasteiger partial charge is 0.481 e. The van der Waals surface area contributed by atoms with Crippen LogP contribution in [-0.2, 0) is 16.0 Å². The Balaban J connectivity index is 1.94. The molecule has 1 aliphatic rings. The summed E-state index contributed by atoms with van der Waals surface area (Å²) in [6, 6.07) is 9.21. The van der Waals surface area contributed by atoms with E-state index in [2.05, 4.69) is 11.4 Å². The van der Waals surface area contributed by atoms with Gasteiger partial charge in [-0.25, -0.2) is 0 Å². The van der Waals surface area contributed by atoms with Gasteiger partial charge in [-0.05, 0) is 37.0 Å². The molecular weight excluding hydrogens is 268 g/mol. The zero-order valence-electron chi connectivity index (χ0n) is 11.7. The Morgan fingerprint density at radius 3 is 2.52 bits per heavy atom. The molecule has 0 heterocycles. The number of carbonyl (C=O) groups is 2. The van der Waals surface area contributed by atoms with Gasteiger partial charge in [-0.2, -0.15) is 5.26 Å². The van der Waals surface area contributed by atoms with Gasteiger partial charge < -0.3 is 10.4 Å². The van der Waals surface area contributed by atoms with Gasteiger partial charge in [0.25, 0.3) is 0 Å². The molecule has 2 N–H and O–H groups in total. The quantitative estimate of drug-likeness (QED) is 0.890. The number of hydrogen-bond donors (Lipinski definition) is 2. The topological polar surface area (TPSA) is 90.2 Å². The number of carboxylic acids is 1. The molecule has 5 nitrogen and oxygen atoms in total. The van der Waals surface area contributed by atoms with Gasteiger partial charge in [0, 0.05) is 11.6 Å². The standard InChI is InChI=1S/C16H18N2O3/c17-9-8-11-4-6-14(7-5-11)18-15(19)12-2-1-3-13(10-12)16(20)21/h4-7,12-13H,1-3,8,10H2,(H,18,19)(H,20,21). The highest BCUT2D eigenvalue weighted by atomic mass is 16.4. The number of hydrogen-bond acceptors (Lipinski definition) is 3. The molecule has 1 aromatic rings. The Morgan fingerprint density at radius 2 is 1.90 bits per heavy atom. The van der Waals surface area contributed by atoms with Gasteiger partial charge >= 0.3 is 5.97 Å². The number of carbonyl (C=O) groups excluding carboxylic acids is 1. The molecule has 1 aromatic carbocycles. The van der Waals surface area contributed by atoms with Gasteiger partial charge in [0.05, 0.1) is 18.4 Å². The Labute approximate surface area is 123 Å². The van der Waals surface area contributed by atoms with Crippen LogP contribution in [0.1, 0.15) is 31.2 Å². The average molecular weight is 286 g/mol. The summed E-state index contributed by atoms with van der Waals surface area (Å²) >= 11 is 0. The van der Waals surface area contributed by atoms with Crippen LogP contribution < -0.4 is 5.32 Å². The predicted octanol–water partition coefficient (Wildman–Crippen LogP) is 2.58. The van der Waals surface area contributed by atoms with Crippen molar-refractivity contribution >= 4 is 17.6 Å². The minimum Gasteiger partial charge on any atom is -0.481 e. The van der Waals surface area contributed by atoms with Crippen LogP contribution in [0.2, 0.25) is 0 Å². The molecule has 0 spiro atoms. The fraction of sp³-hybridized carbons (Fsp3) is 0.438. The maximum absolute atomic E-state index is 12.2. The molecule has 2 unspecified atom stereocenters. The first-order valence-electron chi connectivity index (χ1n) is 7.09. The molecule has 0 radical (unpaired) electrons. The van der Waals surface area contributed by atoms with Gasteiger partial charge in [-0.3, -0.25) is 9.59 Å². The summed E-state index contributed by atoms with van der Waals surface area (Å²) in [5, 5.41) is 20.5. The molecule has 1 amide bonds. The number of amides is 1. The first-order valence-corrected chi connectivity index (χ1v) is 7.09. The second-order valence-corrected chi connectivity index (χ2v) is 5.42. The van der Waals surface area contributed by atoms with Crippen LogP contribution in [0.3, 0.4) is 0 Å². The summed E-state index contributed by atoms with van der Waals surface area (Å²) in [5.74, 6) is -1.58. The molecule has 1 saturated carbocycles. The number of aliphatic carboxylic acids is 1. The van der Waals surface area contributed by atoms with Crippen molar-refractivity contribution in [3.8, 4) is 6.07 Å². The molecule has 5 heteroatoms. The van der Waals surface area contributed by atoms with Crippen molar-refractivity contribution in [2.24, 2.45) is 11.8 Å². The lowest BCUT2D eigenvalue weighted by molar-refractivity contribution is -0.143. The number of benzene rings is 1. The molecular formula is C16H18N2O3. The van der Waals surface area contributed by atoms with Crippen LogP contribution in [-0.4, -0.2) is 17.0 Å². The summed E-state index contributed by atoms with van der Waals surface area (Å²) in [7, 11) is 0. The van der Waals surface area contributed by atoms with E-state index in [4.69, 9.17) is 10.4 Å². The average Bonchev–Trinajstić information content (AvgIpc) is 2.49. The highest BCUT2D eigenvalue weighted by molar-refractivity contribution is 5.93. The highest BCUT2D eigenvalue weighted by Crippen LogP contribution is 2.30. The molecule has 2 rings (SSSR count). The molecule has 1 aliphatic carbocycles. The van der Waals surface area contributed by atoms with Crippen LogP contribution in [0.15, 0.2) is 24.3 Å². The van der Waals surface area contributed by atoms with Gasteiger partial charge in [-0.1, -0.05) is 18.6 Å². The third-order valence-electron chi connectivity index (χ3n) is 3.90. The first kappa shape index (κ1) is 15.0. The summed E-state index contributed by atoms with van der Waals surface area (Å²) in [6.07, 6.45) is 2.92. The maximum Gasteiger partial charge on any atom is 0.306 e. The van der Waals surface area contributed by atoms with Gasteiger partial charge in [-0.15, -0.1) is 0 Å². The normalized spacial score (nSPS) is 21.3. The van der Waals surface area contributed by atoms with E-state index in [1.54, 1.807) is 24.3 Å². The minimum atomic E-state index is -0.812. The van der Waals surface area contributed by atoms with Crippen molar-refractivity contribution in [2.45, 2.75) is 32.1 Å². The molecule has 0 aliphatic heterocycles. The van der Waals surface area contributed by atoms with Gasteiger partial charge in [0.15, 0.2) is 0 Å². The SMILES string of the molecule is N#CCc1ccc(NC(=O)C2CCCC(C(=O)O)C2)cc1. The van der Waals surface area contributed by atoms with Gasteiger partial charge in [0.2, 0.25) is 5.91 Å². The maximum atomic E-state index is 12.2. The molecule has 0 saturated heterocycles. The van der Waals surface area contributed by atoms with E-state index in [0.717, 1.165) is 18.4 Å². The number of carboxylic acid groups (broad SMARTS) is 1. The number of anilines is 1. The van der Waals surface area contributed by atoms with Crippen molar-refractivity contribution in [2.75, 3.05) is 5.32 Å². The van der Waals surface area contributed by atoms with Crippen LogP contribution in [0.25, 0.3) is 0 Å². The Bertz CT molecular complexity index is 560. The zero-order valence-corrected chi connectivity index (χ0v) is 11.7. The van der Waals surface area contributed by atoms with E-state index in [-0.39, 0.29) is 11.8 Å². The number of nitriles is 1. The van der Waals surface area contributed by atoms with Gasteiger partial charge in [0.1, 0.15) is 0 Å². The monoisotopic (exact) mass is 286 g/mol. The van der Waals surface area contributed by atoms with Crippen molar-refractivity contribution in [3.63, 3.8) is 0 Å². The van der Waals surface area contributed by atoms with E-state index >= 15 is 0 Å². The van der Waals surface area contributed by atoms with E-state index in [1.807, 2.05) is 0 Å². The summed E-state index contributed by atoms with van der Waals surface area (Å²) in [4.78, 5) is 23.2. The van der Waals surface area contributed by atoms with E-state index in [0.29, 0.717) is 24.9 Å². The molecule has 2 atom stereocenters. The lowest BCUT2D eigenvalue weighted by Crippen LogP contribution is -2.30. The number of nitrogens with zero attached hydrogens (tertiary/aromatic N) is 1. The lowest BCUT2D eigenvalue weighted by Gasteiger charge is -2.25. The molecule has 1 fully saturated rings. The van der Waals surface area contributed by atoms with Crippen molar-refractivity contribution in [3.05, 3.63) is 29.8 Å². The van der Waals surface area contributed by atoms with Crippen LogP contribution in [0, 0.1) is 23.2 Å². The minimum absolute atomic E-state index is 0.117. The van der Waals surface area contributed by atoms with E-state index in [1.165, 1.54) is 0 Å². The second kappa shape index (κ2) is 6.89. The van der Waals surface area contributed by atoms with Crippen LogP contribution in [0.4, 0.5) is 5.69 Å². The number of nitrogens with one attached hydrogen (secondary N) is 1. The smallest absolute Gasteiger partial charge is 0.306 e. The molecule has 110 valence electrons. The summed E-state index contributed by atoms with van der Waals surface area (Å²) < 4.78 is 0. The van der Waals surface area contributed by atoms with Crippen molar-refractivity contribution in [1.29, 1.82) is 5.26 Å². The number of rotatable bonds is 4. The zero-order chi connectivity index (χ0) is 15.2. The molecule has 0 bridgehead atoms. The predicted molar refractivity (Wildman–Crippen MR) is 77.5 cm³/mol. The van der Waals surface area contributed by atoms with Crippen molar-refractivity contribution < 1.29 is 14.7 Å². The van der Waals surface area contributed by atoms with E-state index < -0.39 is 11.9 Å². The fourth-order valence-electron chi connectivity index (χ4n) is 2.69. The molecule has 21 heavy (non-hydrogen) atoms. The van der Waals surface area contributed by atoms with Crippen molar-refractivity contribution in [1.82, 2.24) is 0 Å². The van der Waals surface area contributed by atoms with Crippen LogP contribution in [0.5, 0.6) is 0 Å². The third kappa shape index (κ3) is 4.06. The fourth-order valence-corrected chi connectivity index (χ4v) is 2.69. The Morgan fingerprint density at radius 1 is 1.24 bits per heavy atom. The molecule has 0 aromatic heterocycles. The summed E-state index contributed by atoms with van der Waals surface area (Å²) in [5.41, 5.74) is 1.58. The Hall–Kier alpha value is -2.35. The lowest BCUT2D eigenvalue weighted by atomic mass is 9.81. The highest BCUT2D eigenvalue weighted by Gasteiger charge is 2.30. The summed E-state index contributed by atoms with van der Waals surface area (Å²) in [6.45, 7) is 0. The van der Waals surface area contributed by atoms with E-state index in [9.17, 15) is 9.59 Å². The first-order chi connectivity index (χ1) is 10.1. The van der Waals surface area contributed by atoms with Crippen LogP contribution >= 0.6 is 0 Å². The Kier molecular flexibility index (Phi) is 4.94.